The third kappa shape index (κ3) is 5.62. The zero-order chi connectivity index (χ0) is 33.3. The molecule has 0 aromatic heterocycles. The molecule has 0 unspecified atom stereocenters. The first kappa shape index (κ1) is 32.4. The Morgan fingerprint density at radius 3 is 1.53 bits per heavy atom. The molecule has 7 aliphatic heterocycles. The predicted octanol–water partition coefficient (Wildman–Crippen LogP) is 2.61. The highest BCUT2D eigenvalue weighted by molar-refractivity contribution is 5.16. The van der Waals surface area contributed by atoms with Gasteiger partial charge in [-0.25, -0.2) is 0 Å². The minimum absolute atomic E-state index is 0.215. The lowest BCUT2D eigenvalue weighted by atomic mass is 9.85. The fraction of sp³-hybridized carbons (Fsp3) is 0.812. The van der Waals surface area contributed by atoms with Gasteiger partial charge in [-0.1, -0.05) is 30.3 Å². The number of fused-ring (bicyclic) bond motifs is 6. The van der Waals surface area contributed by atoms with E-state index >= 15 is 0 Å². The van der Waals surface area contributed by atoms with Gasteiger partial charge >= 0.3 is 0 Å². The van der Waals surface area contributed by atoms with E-state index in [0.29, 0.717) is 0 Å². The van der Waals surface area contributed by atoms with E-state index in [2.05, 4.69) is 0 Å². The zero-order valence-electron chi connectivity index (χ0n) is 27.8. The molecular formula is C32H44N2O13. The number of hydrogen-bond acceptors (Lipinski definition) is 14. The lowest BCUT2D eigenvalue weighted by Crippen LogP contribution is -2.65. The zero-order valence-corrected chi connectivity index (χ0v) is 27.8. The molecule has 260 valence electrons. The summed E-state index contributed by atoms with van der Waals surface area (Å²) in [5, 5.41) is 15.0. The molecule has 0 N–H and O–H groups in total. The van der Waals surface area contributed by atoms with E-state index in [1.165, 1.54) is 0 Å². The van der Waals surface area contributed by atoms with Crippen molar-refractivity contribution in [2.45, 2.75) is 165 Å². The van der Waals surface area contributed by atoms with E-state index in [1.54, 1.807) is 60.5 Å². The van der Waals surface area contributed by atoms with Gasteiger partial charge in [0.2, 0.25) is 0 Å². The van der Waals surface area contributed by atoms with E-state index in [4.69, 9.17) is 52.2 Å². The van der Waals surface area contributed by atoms with Crippen LogP contribution in [0.25, 0.3) is 0 Å². The van der Waals surface area contributed by atoms with Crippen LogP contribution in [-0.2, 0) is 58.8 Å². The Kier molecular flexibility index (Phi) is 7.45. The maximum absolute atomic E-state index is 13.3. The second-order valence-electron chi connectivity index (χ2n) is 15.2. The van der Waals surface area contributed by atoms with Crippen molar-refractivity contribution in [2.75, 3.05) is 0 Å². The van der Waals surface area contributed by atoms with Crippen molar-refractivity contribution in [3.63, 3.8) is 0 Å². The van der Waals surface area contributed by atoms with Crippen molar-refractivity contribution in [2.24, 2.45) is 0 Å². The Morgan fingerprint density at radius 2 is 1.02 bits per heavy atom. The second kappa shape index (κ2) is 10.8. The van der Waals surface area contributed by atoms with Crippen molar-refractivity contribution in [1.29, 1.82) is 0 Å². The number of hydroxylamine groups is 2. The molecule has 1 aromatic carbocycles. The molecule has 0 spiro atoms. The van der Waals surface area contributed by atoms with Gasteiger partial charge in [-0.15, -0.1) is 0 Å². The first-order valence-corrected chi connectivity index (χ1v) is 16.3. The topological polar surface area (TPSA) is 148 Å². The maximum atomic E-state index is 13.3. The standard InChI is InChI=1S/C32H44N2O13/c1-29(2)39-21-18(37-27-25(23(21)41-29)43-31(5,6)45-27)16-17(34(35)36)19(47-33(16)14-15-12-10-9-11-13-15)20-22-24(42-30(3,4)40-22)26-28(38-20)46-32(7,8)44-26/h9-13,16-28H,14H2,1-8H3/t16-,17-,18+,19-,20+,21-,22-,23-,24-,25+,26+,27+,28+/m0/s1. The van der Waals surface area contributed by atoms with Crippen LogP contribution in [0.3, 0.4) is 0 Å². The highest BCUT2D eigenvalue weighted by Gasteiger charge is 2.71. The summed E-state index contributed by atoms with van der Waals surface area (Å²) in [6, 6.07) is 7.25. The van der Waals surface area contributed by atoms with Crippen molar-refractivity contribution >= 4 is 0 Å². The number of hydrogen-bond donors (Lipinski definition) is 0. The largest absolute Gasteiger partial charge is 0.342 e. The van der Waals surface area contributed by atoms with E-state index in [0.717, 1.165) is 5.56 Å². The molecule has 0 aliphatic carbocycles. The molecule has 47 heavy (non-hydrogen) atoms. The van der Waals surface area contributed by atoms with Crippen LogP contribution >= 0.6 is 0 Å². The smallest absolute Gasteiger partial charge is 0.263 e. The van der Waals surface area contributed by atoms with E-state index in [1.807, 2.05) is 30.3 Å². The van der Waals surface area contributed by atoms with Crippen molar-refractivity contribution in [1.82, 2.24) is 5.06 Å². The second-order valence-corrected chi connectivity index (χ2v) is 15.2. The quantitative estimate of drug-likeness (QED) is 0.335. The number of nitrogens with zero attached hydrogens (tertiary/aromatic N) is 2. The van der Waals surface area contributed by atoms with Crippen LogP contribution in [0.1, 0.15) is 61.0 Å². The summed E-state index contributed by atoms with van der Waals surface area (Å²) < 4.78 is 63.3. The first-order valence-electron chi connectivity index (χ1n) is 16.3. The van der Waals surface area contributed by atoms with Crippen LogP contribution in [-0.4, -0.2) is 113 Å². The summed E-state index contributed by atoms with van der Waals surface area (Å²) in [6.45, 7) is 14.6. The average molecular weight is 665 g/mol. The summed E-state index contributed by atoms with van der Waals surface area (Å²) in [5.41, 5.74) is 0.884. The lowest BCUT2D eigenvalue weighted by Gasteiger charge is -2.41. The van der Waals surface area contributed by atoms with Gasteiger partial charge < -0.3 is 47.4 Å². The van der Waals surface area contributed by atoms with Gasteiger partial charge in [0, 0.05) is 11.5 Å². The molecule has 0 saturated carbocycles. The predicted molar refractivity (Wildman–Crippen MR) is 156 cm³/mol. The van der Waals surface area contributed by atoms with Crippen LogP contribution < -0.4 is 0 Å². The third-order valence-electron chi connectivity index (χ3n) is 9.74. The highest BCUT2D eigenvalue weighted by atomic mass is 16.9. The van der Waals surface area contributed by atoms with E-state index < -0.39 is 103 Å². The van der Waals surface area contributed by atoms with Crippen molar-refractivity contribution in [3.8, 4) is 0 Å². The molecule has 15 heteroatoms. The number of rotatable bonds is 5. The van der Waals surface area contributed by atoms with E-state index in [-0.39, 0.29) is 11.5 Å². The Hall–Kier alpha value is -1.86. The number of benzene rings is 1. The summed E-state index contributed by atoms with van der Waals surface area (Å²) in [6.07, 6.45) is -8.66. The molecule has 0 radical (unpaired) electrons. The fourth-order valence-corrected chi connectivity index (χ4v) is 8.24. The van der Waals surface area contributed by atoms with Gasteiger partial charge in [0.05, 0.1) is 0 Å². The molecule has 7 fully saturated rings. The third-order valence-corrected chi connectivity index (χ3v) is 9.74. The molecular weight excluding hydrogens is 620 g/mol. The Labute approximate surface area is 272 Å². The maximum Gasteiger partial charge on any atom is 0.263 e. The molecule has 13 atom stereocenters. The van der Waals surface area contributed by atoms with Gasteiger partial charge in [-0.2, -0.15) is 5.06 Å². The molecule has 1 aromatic rings. The Bertz CT molecular complexity index is 1380. The minimum atomic E-state index is -1.37. The summed E-state index contributed by atoms with van der Waals surface area (Å²) in [5.74, 6) is -3.93. The van der Waals surface area contributed by atoms with Crippen molar-refractivity contribution in [3.05, 3.63) is 46.0 Å². The van der Waals surface area contributed by atoms with Gasteiger partial charge in [0.25, 0.3) is 6.04 Å². The summed E-state index contributed by atoms with van der Waals surface area (Å²) in [4.78, 5) is 19.7. The normalized spacial score (nSPS) is 47.3. The van der Waals surface area contributed by atoms with Crippen molar-refractivity contribution < 1.29 is 57.1 Å². The van der Waals surface area contributed by atoms with Crippen LogP contribution in [0.15, 0.2) is 30.3 Å². The van der Waals surface area contributed by atoms with Gasteiger partial charge in [-0.3, -0.25) is 15.0 Å². The van der Waals surface area contributed by atoms with Gasteiger partial charge in [0.15, 0.2) is 41.8 Å². The van der Waals surface area contributed by atoms with Crippen LogP contribution in [0.2, 0.25) is 0 Å². The molecule has 7 heterocycles. The van der Waals surface area contributed by atoms with E-state index in [9.17, 15) is 10.1 Å². The minimum Gasteiger partial charge on any atom is -0.342 e. The molecule has 0 bridgehead atoms. The van der Waals surface area contributed by atoms with Crippen LogP contribution in [0.5, 0.6) is 0 Å². The molecule has 7 saturated heterocycles. The number of ether oxygens (including phenoxy) is 10. The summed E-state index contributed by atoms with van der Waals surface area (Å²) in [7, 11) is 0. The number of nitro groups is 1. The SMILES string of the molecule is CC1(C)O[C@H]2[C@@H]([C@H]3ON(Cc4ccccc4)[C@H]([C@H]4O[C@@H]5OC(C)(C)O[C@@H]5[C@H]5OC(C)(C)O[C@H]54)[C@@H]3[N+](=O)[O-])O[C@@H]3OC(C)(C)O[C@@H]3[C@H]2O1. The Balaban J connectivity index is 1.19. The molecule has 0 amide bonds. The van der Waals surface area contributed by atoms with Gasteiger partial charge in [-0.05, 0) is 61.0 Å². The Morgan fingerprint density at radius 1 is 0.596 bits per heavy atom. The van der Waals surface area contributed by atoms with Crippen LogP contribution in [0, 0.1) is 10.1 Å². The molecule has 15 nitrogen and oxygen atoms in total. The highest BCUT2D eigenvalue weighted by Crippen LogP contribution is 2.50. The lowest BCUT2D eigenvalue weighted by molar-refractivity contribution is -0.536. The fourth-order valence-electron chi connectivity index (χ4n) is 8.24. The average Bonchev–Trinajstić information content (AvgIpc) is 3.73. The summed E-state index contributed by atoms with van der Waals surface area (Å²) >= 11 is 0. The first-order chi connectivity index (χ1) is 22.0. The van der Waals surface area contributed by atoms with Crippen LogP contribution in [0.4, 0.5) is 0 Å². The molecule has 8 rings (SSSR count). The van der Waals surface area contributed by atoms with Gasteiger partial charge in [0.1, 0.15) is 54.9 Å². The monoisotopic (exact) mass is 664 g/mol. The molecule has 7 aliphatic rings.